The highest BCUT2D eigenvalue weighted by atomic mass is 32.2. The first-order chi connectivity index (χ1) is 12.9. The van der Waals surface area contributed by atoms with E-state index in [1.807, 2.05) is 35.2 Å². The van der Waals surface area contributed by atoms with Crippen molar-refractivity contribution < 1.29 is 12.8 Å². The van der Waals surface area contributed by atoms with Crippen LogP contribution in [0.1, 0.15) is 11.1 Å². The Labute approximate surface area is 164 Å². The number of hydrogen-bond acceptors (Lipinski definition) is 3. The third-order valence-electron chi connectivity index (χ3n) is 4.47. The third kappa shape index (κ3) is 5.47. The van der Waals surface area contributed by atoms with Gasteiger partial charge in [0.05, 0.1) is 5.75 Å². The Hall–Kier alpha value is -2.03. The number of nitrogens with zero attached hydrogens (tertiary/aromatic N) is 2. The van der Waals surface area contributed by atoms with Gasteiger partial charge in [-0.2, -0.15) is 4.31 Å². The van der Waals surface area contributed by atoms with Gasteiger partial charge in [0.25, 0.3) is 0 Å². The van der Waals surface area contributed by atoms with E-state index in [0.717, 1.165) is 11.1 Å². The van der Waals surface area contributed by atoms with E-state index in [-0.39, 0.29) is 11.6 Å². The molecule has 2 aromatic rings. The number of sulfonamides is 1. The largest absolute Gasteiger partial charge is 0.358 e. The fourth-order valence-electron chi connectivity index (χ4n) is 2.94. The Morgan fingerprint density at radius 3 is 2.22 bits per heavy atom. The number of piperazine rings is 1. The van der Waals surface area contributed by atoms with Crippen molar-refractivity contribution in [2.24, 2.45) is 0 Å². The molecule has 1 N–H and O–H groups in total. The second kappa shape index (κ2) is 8.77. The second-order valence-corrected chi connectivity index (χ2v) is 8.77. The van der Waals surface area contributed by atoms with Gasteiger partial charge in [-0.25, -0.2) is 12.8 Å². The van der Waals surface area contributed by atoms with Gasteiger partial charge in [0, 0.05) is 32.7 Å². The van der Waals surface area contributed by atoms with Crippen molar-refractivity contribution in [3.05, 3.63) is 71.5 Å². The van der Waals surface area contributed by atoms with Crippen LogP contribution in [0.2, 0.25) is 0 Å². The quantitative estimate of drug-likeness (QED) is 0.771. The van der Waals surface area contributed by atoms with Crippen molar-refractivity contribution in [2.75, 3.05) is 26.2 Å². The molecule has 8 heteroatoms. The molecular weight excluding hydrogens is 385 g/mol. The fourth-order valence-corrected chi connectivity index (χ4v) is 4.71. The van der Waals surface area contributed by atoms with Gasteiger partial charge in [0.2, 0.25) is 10.0 Å². The second-order valence-electron chi connectivity index (χ2n) is 6.41. The topological polar surface area (TPSA) is 52.7 Å². The Morgan fingerprint density at radius 1 is 0.963 bits per heavy atom. The van der Waals surface area contributed by atoms with E-state index in [9.17, 15) is 12.8 Å². The molecule has 0 amide bonds. The van der Waals surface area contributed by atoms with Crippen LogP contribution in [-0.4, -0.2) is 48.9 Å². The summed E-state index contributed by atoms with van der Waals surface area (Å²) >= 11 is 5.41. The van der Waals surface area contributed by atoms with Crippen LogP contribution in [0.5, 0.6) is 0 Å². The maximum absolute atomic E-state index is 12.9. The van der Waals surface area contributed by atoms with Crippen LogP contribution >= 0.6 is 12.2 Å². The third-order valence-corrected chi connectivity index (χ3v) is 6.72. The molecule has 1 heterocycles. The van der Waals surface area contributed by atoms with Crippen molar-refractivity contribution in [1.29, 1.82) is 0 Å². The van der Waals surface area contributed by atoms with Crippen LogP contribution in [0.3, 0.4) is 0 Å². The number of thiocarbonyl (C=S) groups is 1. The molecule has 2 aromatic carbocycles. The lowest BCUT2D eigenvalue weighted by Gasteiger charge is -2.35. The first-order valence-electron chi connectivity index (χ1n) is 8.73. The molecule has 0 saturated carbocycles. The summed E-state index contributed by atoms with van der Waals surface area (Å²) in [5.74, 6) is -0.254. The van der Waals surface area contributed by atoms with Crippen molar-refractivity contribution in [3.63, 3.8) is 0 Å². The smallest absolute Gasteiger partial charge is 0.218 e. The predicted molar refractivity (Wildman–Crippen MR) is 108 cm³/mol. The van der Waals surface area contributed by atoms with E-state index < -0.39 is 10.0 Å². The van der Waals surface area contributed by atoms with E-state index in [2.05, 4.69) is 5.32 Å². The highest BCUT2D eigenvalue weighted by molar-refractivity contribution is 7.88. The Morgan fingerprint density at radius 2 is 1.59 bits per heavy atom. The van der Waals surface area contributed by atoms with Crippen molar-refractivity contribution in [1.82, 2.24) is 14.5 Å². The van der Waals surface area contributed by atoms with Crippen LogP contribution < -0.4 is 5.32 Å². The number of hydrogen-bond donors (Lipinski definition) is 1. The maximum atomic E-state index is 12.9. The molecule has 0 spiro atoms. The lowest BCUT2D eigenvalue weighted by atomic mass is 10.2. The average Bonchev–Trinajstić information content (AvgIpc) is 2.68. The number of rotatable bonds is 5. The summed E-state index contributed by atoms with van der Waals surface area (Å²) in [6.45, 7) is 2.42. The van der Waals surface area contributed by atoms with E-state index in [1.165, 1.54) is 16.4 Å². The Balaban J connectivity index is 1.49. The first-order valence-corrected chi connectivity index (χ1v) is 10.7. The summed E-state index contributed by atoms with van der Waals surface area (Å²) in [5, 5.41) is 3.73. The molecule has 0 atom stereocenters. The summed E-state index contributed by atoms with van der Waals surface area (Å²) in [5.41, 5.74) is 1.72. The minimum Gasteiger partial charge on any atom is -0.358 e. The van der Waals surface area contributed by atoms with Gasteiger partial charge in [-0.05, 0) is 35.5 Å². The zero-order chi connectivity index (χ0) is 19.3. The van der Waals surface area contributed by atoms with Gasteiger partial charge in [0.1, 0.15) is 5.82 Å². The SMILES string of the molecule is O=S(=O)(Cc1ccccc1)N1CCN(C(=S)NCc2ccc(F)cc2)CC1. The summed E-state index contributed by atoms with van der Waals surface area (Å²) in [7, 11) is -3.34. The summed E-state index contributed by atoms with van der Waals surface area (Å²) in [4.78, 5) is 1.97. The molecule has 0 unspecified atom stereocenters. The van der Waals surface area contributed by atoms with Crippen LogP contribution in [0.15, 0.2) is 54.6 Å². The fraction of sp³-hybridized carbons (Fsp3) is 0.316. The minimum atomic E-state index is -3.34. The highest BCUT2D eigenvalue weighted by Gasteiger charge is 2.27. The monoisotopic (exact) mass is 407 g/mol. The summed E-state index contributed by atoms with van der Waals surface area (Å²) in [6, 6.07) is 15.4. The van der Waals surface area contributed by atoms with E-state index >= 15 is 0 Å². The van der Waals surface area contributed by atoms with Crippen LogP contribution in [0.25, 0.3) is 0 Å². The van der Waals surface area contributed by atoms with E-state index in [1.54, 1.807) is 12.1 Å². The maximum Gasteiger partial charge on any atom is 0.218 e. The molecule has 1 aliphatic heterocycles. The zero-order valence-electron chi connectivity index (χ0n) is 14.8. The van der Waals surface area contributed by atoms with Crippen LogP contribution in [-0.2, 0) is 22.3 Å². The van der Waals surface area contributed by atoms with Gasteiger partial charge in [0.15, 0.2) is 5.11 Å². The first kappa shape index (κ1) is 19.7. The molecule has 0 bridgehead atoms. The molecule has 0 aliphatic carbocycles. The van der Waals surface area contributed by atoms with Crippen LogP contribution in [0, 0.1) is 5.82 Å². The van der Waals surface area contributed by atoms with Gasteiger partial charge >= 0.3 is 0 Å². The van der Waals surface area contributed by atoms with Gasteiger partial charge < -0.3 is 10.2 Å². The van der Waals surface area contributed by atoms with E-state index in [4.69, 9.17) is 12.2 Å². The summed E-state index contributed by atoms with van der Waals surface area (Å²) in [6.07, 6.45) is 0. The van der Waals surface area contributed by atoms with Gasteiger partial charge in [-0.15, -0.1) is 0 Å². The number of halogens is 1. The molecule has 1 fully saturated rings. The molecule has 27 heavy (non-hydrogen) atoms. The molecule has 5 nitrogen and oxygen atoms in total. The Kier molecular flexibility index (Phi) is 6.41. The summed E-state index contributed by atoms with van der Waals surface area (Å²) < 4.78 is 39.7. The highest BCUT2D eigenvalue weighted by Crippen LogP contribution is 2.14. The van der Waals surface area contributed by atoms with Crippen LogP contribution in [0.4, 0.5) is 4.39 Å². The van der Waals surface area contributed by atoms with E-state index in [0.29, 0.717) is 37.8 Å². The lowest BCUT2D eigenvalue weighted by molar-refractivity contribution is 0.263. The normalized spacial score (nSPS) is 15.5. The zero-order valence-corrected chi connectivity index (χ0v) is 16.5. The number of nitrogens with one attached hydrogen (secondary N) is 1. The lowest BCUT2D eigenvalue weighted by Crippen LogP contribution is -2.53. The molecule has 144 valence electrons. The van der Waals surface area contributed by atoms with Crippen molar-refractivity contribution in [3.8, 4) is 0 Å². The number of benzene rings is 2. The predicted octanol–water partition coefficient (Wildman–Crippen LogP) is 2.35. The van der Waals surface area contributed by atoms with Crippen molar-refractivity contribution >= 4 is 27.4 Å². The molecular formula is C19H22FN3O2S2. The van der Waals surface area contributed by atoms with Crippen molar-refractivity contribution in [2.45, 2.75) is 12.3 Å². The minimum absolute atomic E-state index is 0.0150. The molecule has 1 aliphatic rings. The molecule has 3 rings (SSSR count). The standard InChI is InChI=1S/C19H22FN3O2S2/c20-18-8-6-16(7-9-18)14-21-19(26)22-10-12-23(13-11-22)27(24,25)15-17-4-2-1-3-5-17/h1-9H,10-15H2,(H,21,26). The van der Waals surface area contributed by atoms with Gasteiger partial charge in [-0.1, -0.05) is 42.5 Å². The molecule has 0 radical (unpaired) electrons. The average molecular weight is 408 g/mol. The molecule has 0 aromatic heterocycles. The Bertz CT molecular complexity index is 866. The van der Waals surface area contributed by atoms with Gasteiger partial charge in [-0.3, -0.25) is 0 Å². The molecule has 1 saturated heterocycles.